The second kappa shape index (κ2) is 7.45. The molecule has 1 amide bonds. The van der Waals surface area contributed by atoms with Gasteiger partial charge < -0.3 is 9.64 Å². The Hall–Kier alpha value is -1.81. The fourth-order valence-corrected chi connectivity index (χ4v) is 2.29. The molecule has 2 aromatic rings. The van der Waals surface area contributed by atoms with Crippen molar-refractivity contribution in [1.29, 1.82) is 0 Å². The molecule has 0 aliphatic heterocycles. The number of hydrogen-bond acceptors (Lipinski definition) is 2. The zero-order valence-electron chi connectivity index (χ0n) is 13.1. The van der Waals surface area contributed by atoms with Crippen molar-refractivity contribution >= 4 is 21.8 Å². The van der Waals surface area contributed by atoms with Gasteiger partial charge in [-0.2, -0.15) is 0 Å². The first-order valence-electron chi connectivity index (χ1n) is 7.18. The number of aryl methyl sites for hydroxylation is 2. The zero-order chi connectivity index (χ0) is 16.1. The molecular weight excluding hydrogens is 342 g/mol. The molecule has 0 saturated carbocycles. The van der Waals surface area contributed by atoms with Gasteiger partial charge in [-0.3, -0.25) is 4.79 Å². The largest absolute Gasteiger partial charge is 0.492 e. The van der Waals surface area contributed by atoms with Gasteiger partial charge in [-0.15, -0.1) is 0 Å². The molecule has 4 heteroatoms. The number of carbonyl (C=O) groups is 1. The lowest BCUT2D eigenvalue weighted by atomic mass is 10.1. The summed E-state index contributed by atoms with van der Waals surface area (Å²) in [6, 6.07) is 13.4. The number of nitrogens with zero attached hydrogens (tertiary/aromatic N) is 1. The first-order chi connectivity index (χ1) is 10.5. The van der Waals surface area contributed by atoms with E-state index in [1.54, 1.807) is 11.9 Å². The molecule has 2 aromatic carbocycles. The molecule has 116 valence electrons. The molecule has 0 fully saturated rings. The Morgan fingerprint density at radius 2 is 1.77 bits per heavy atom. The van der Waals surface area contributed by atoms with Gasteiger partial charge in [0.25, 0.3) is 5.91 Å². The van der Waals surface area contributed by atoms with Gasteiger partial charge in [0.1, 0.15) is 12.4 Å². The van der Waals surface area contributed by atoms with Crippen molar-refractivity contribution < 1.29 is 9.53 Å². The number of amides is 1. The minimum absolute atomic E-state index is 0.0162. The minimum Gasteiger partial charge on any atom is -0.492 e. The third-order valence-corrected chi connectivity index (χ3v) is 4.14. The van der Waals surface area contributed by atoms with Gasteiger partial charge in [0.05, 0.1) is 6.54 Å². The van der Waals surface area contributed by atoms with E-state index in [1.165, 1.54) is 5.56 Å². The summed E-state index contributed by atoms with van der Waals surface area (Å²) in [4.78, 5) is 14.0. The number of rotatable bonds is 5. The van der Waals surface area contributed by atoms with Crippen LogP contribution in [0.3, 0.4) is 0 Å². The summed E-state index contributed by atoms with van der Waals surface area (Å²) in [5.41, 5.74) is 3.04. The summed E-state index contributed by atoms with van der Waals surface area (Å²) in [5, 5.41) is 0. The number of likely N-dealkylation sites (N-methyl/N-ethyl adjacent to an activating group) is 1. The fraction of sp³-hybridized carbons (Fsp3) is 0.278. The predicted octanol–water partition coefficient (Wildman–Crippen LogP) is 4.22. The van der Waals surface area contributed by atoms with Crippen molar-refractivity contribution in [2.45, 2.75) is 13.8 Å². The van der Waals surface area contributed by atoms with Crippen LogP contribution in [0.2, 0.25) is 0 Å². The SMILES string of the molecule is Cc1ccc(C(=O)N(C)CCOc2ccc(Br)cc2)cc1C. The van der Waals surface area contributed by atoms with Crippen LogP contribution in [0.4, 0.5) is 0 Å². The van der Waals surface area contributed by atoms with E-state index in [0.717, 1.165) is 15.8 Å². The summed E-state index contributed by atoms with van der Waals surface area (Å²) >= 11 is 3.38. The van der Waals surface area contributed by atoms with Crippen LogP contribution in [0.15, 0.2) is 46.9 Å². The highest BCUT2D eigenvalue weighted by Gasteiger charge is 2.12. The zero-order valence-corrected chi connectivity index (χ0v) is 14.7. The van der Waals surface area contributed by atoms with E-state index >= 15 is 0 Å². The Morgan fingerprint density at radius 1 is 1.09 bits per heavy atom. The molecule has 0 aromatic heterocycles. The van der Waals surface area contributed by atoms with Gasteiger partial charge in [0.15, 0.2) is 0 Å². The Kier molecular flexibility index (Phi) is 5.61. The van der Waals surface area contributed by atoms with Crippen molar-refractivity contribution in [3.05, 3.63) is 63.6 Å². The minimum atomic E-state index is 0.0162. The molecule has 2 rings (SSSR count). The number of ether oxygens (including phenoxy) is 1. The number of hydrogen-bond donors (Lipinski definition) is 0. The molecule has 0 heterocycles. The quantitative estimate of drug-likeness (QED) is 0.797. The van der Waals surface area contributed by atoms with Crippen LogP contribution in [0.1, 0.15) is 21.5 Å². The second-order valence-corrected chi connectivity index (χ2v) is 6.24. The average Bonchev–Trinajstić information content (AvgIpc) is 2.51. The lowest BCUT2D eigenvalue weighted by Crippen LogP contribution is -2.30. The van der Waals surface area contributed by atoms with Gasteiger partial charge in [0.2, 0.25) is 0 Å². The molecule has 0 aliphatic carbocycles. The van der Waals surface area contributed by atoms with Gasteiger partial charge in [-0.1, -0.05) is 22.0 Å². The van der Waals surface area contributed by atoms with E-state index in [9.17, 15) is 4.79 Å². The molecule has 0 bridgehead atoms. The predicted molar refractivity (Wildman–Crippen MR) is 92.5 cm³/mol. The molecule has 22 heavy (non-hydrogen) atoms. The van der Waals surface area contributed by atoms with Crippen molar-refractivity contribution in [3.8, 4) is 5.75 Å². The van der Waals surface area contributed by atoms with Crippen LogP contribution in [0, 0.1) is 13.8 Å². The van der Waals surface area contributed by atoms with E-state index in [2.05, 4.69) is 15.9 Å². The molecule has 3 nitrogen and oxygen atoms in total. The Morgan fingerprint density at radius 3 is 2.41 bits per heavy atom. The lowest BCUT2D eigenvalue weighted by molar-refractivity contribution is 0.0773. The Labute approximate surface area is 140 Å². The van der Waals surface area contributed by atoms with Crippen LogP contribution in [-0.4, -0.2) is 31.0 Å². The average molecular weight is 362 g/mol. The smallest absolute Gasteiger partial charge is 0.253 e. The molecule has 0 atom stereocenters. The fourth-order valence-electron chi connectivity index (χ4n) is 2.03. The Balaban J connectivity index is 1.88. The van der Waals surface area contributed by atoms with E-state index < -0.39 is 0 Å². The maximum absolute atomic E-state index is 12.4. The molecule has 0 saturated heterocycles. The third-order valence-electron chi connectivity index (χ3n) is 3.61. The molecule has 0 radical (unpaired) electrons. The van der Waals surface area contributed by atoms with Crippen molar-refractivity contribution in [1.82, 2.24) is 4.90 Å². The summed E-state index contributed by atoms with van der Waals surface area (Å²) < 4.78 is 6.66. The third kappa shape index (κ3) is 4.34. The van der Waals surface area contributed by atoms with E-state index in [0.29, 0.717) is 18.7 Å². The number of halogens is 1. The van der Waals surface area contributed by atoms with Crippen LogP contribution >= 0.6 is 15.9 Å². The summed E-state index contributed by atoms with van der Waals surface area (Å²) in [7, 11) is 1.79. The highest BCUT2D eigenvalue weighted by Crippen LogP contribution is 2.16. The van der Waals surface area contributed by atoms with Gasteiger partial charge in [-0.25, -0.2) is 0 Å². The maximum atomic E-state index is 12.4. The van der Waals surface area contributed by atoms with Crippen molar-refractivity contribution in [2.75, 3.05) is 20.2 Å². The molecule has 0 aliphatic rings. The maximum Gasteiger partial charge on any atom is 0.253 e. The second-order valence-electron chi connectivity index (χ2n) is 5.33. The molecule has 0 N–H and O–H groups in total. The highest BCUT2D eigenvalue weighted by molar-refractivity contribution is 9.10. The molecule has 0 spiro atoms. The summed E-state index contributed by atoms with van der Waals surface area (Å²) in [5.74, 6) is 0.817. The van der Waals surface area contributed by atoms with E-state index in [1.807, 2.05) is 56.3 Å². The number of carbonyl (C=O) groups excluding carboxylic acids is 1. The van der Waals surface area contributed by atoms with Crippen LogP contribution in [0.5, 0.6) is 5.75 Å². The van der Waals surface area contributed by atoms with Crippen LogP contribution in [0.25, 0.3) is 0 Å². The number of benzene rings is 2. The van der Waals surface area contributed by atoms with Crippen molar-refractivity contribution in [2.24, 2.45) is 0 Å². The summed E-state index contributed by atoms with van der Waals surface area (Å²) in [6.07, 6.45) is 0. The standard InChI is InChI=1S/C18H20BrNO2/c1-13-4-5-15(12-14(13)2)18(21)20(3)10-11-22-17-8-6-16(19)7-9-17/h4-9,12H,10-11H2,1-3H3. The topological polar surface area (TPSA) is 29.5 Å². The van der Waals surface area contributed by atoms with E-state index in [4.69, 9.17) is 4.74 Å². The van der Waals surface area contributed by atoms with Gasteiger partial charge in [-0.05, 0) is 61.4 Å². The molecule has 0 unspecified atom stereocenters. The van der Waals surface area contributed by atoms with Gasteiger partial charge >= 0.3 is 0 Å². The monoisotopic (exact) mass is 361 g/mol. The first kappa shape index (κ1) is 16.6. The van der Waals surface area contributed by atoms with Crippen LogP contribution in [-0.2, 0) is 0 Å². The Bertz CT molecular complexity index is 653. The van der Waals surface area contributed by atoms with Gasteiger partial charge in [0, 0.05) is 17.1 Å². The first-order valence-corrected chi connectivity index (χ1v) is 7.98. The summed E-state index contributed by atoms with van der Waals surface area (Å²) in [6.45, 7) is 5.07. The highest BCUT2D eigenvalue weighted by atomic mass is 79.9. The lowest BCUT2D eigenvalue weighted by Gasteiger charge is -2.18. The van der Waals surface area contributed by atoms with E-state index in [-0.39, 0.29) is 5.91 Å². The normalized spacial score (nSPS) is 10.4. The molecular formula is C18H20BrNO2. The van der Waals surface area contributed by atoms with Crippen molar-refractivity contribution in [3.63, 3.8) is 0 Å². The van der Waals surface area contributed by atoms with Crippen LogP contribution < -0.4 is 4.74 Å².